The molecule has 2 aromatic heterocycles. The largest absolute Gasteiger partial charge is 0.573 e. The average Bonchev–Trinajstić information content (AvgIpc) is 2.56. The molecule has 0 aliphatic heterocycles. The standard InChI is InChI=1S/C17H11ClF3N3O2/c1-10-9-23-15(11-2-4-12(5-3-11)26-17(19,20)21)24-16(10)25-13-6-7-22-14(18)8-13/h2-9H,1H3. The van der Waals surface area contributed by atoms with Gasteiger partial charge in [-0.05, 0) is 37.3 Å². The van der Waals surface area contributed by atoms with Crippen molar-refractivity contribution in [2.75, 3.05) is 0 Å². The zero-order valence-electron chi connectivity index (χ0n) is 13.3. The van der Waals surface area contributed by atoms with Gasteiger partial charge in [0.05, 0.1) is 0 Å². The Morgan fingerprint density at radius 3 is 2.38 bits per heavy atom. The topological polar surface area (TPSA) is 57.1 Å². The molecule has 0 aliphatic rings. The van der Waals surface area contributed by atoms with Crippen molar-refractivity contribution in [3.05, 3.63) is 59.5 Å². The van der Waals surface area contributed by atoms with Crippen LogP contribution in [0.15, 0.2) is 48.8 Å². The van der Waals surface area contributed by atoms with Crippen molar-refractivity contribution < 1.29 is 22.6 Å². The lowest BCUT2D eigenvalue weighted by Gasteiger charge is -2.10. The molecule has 3 rings (SSSR count). The van der Waals surface area contributed by atoms with Gasteiger partial charge < -0.3 is 9.47 Å². The molecule has 0 amide bonds. The van der Waals surface area contributed by atoms with Crippen LogP contribution in [0.3, 0.4) is 0 Å². The fraction of sp³-hybridized carbons (Fsp3) is 0.118. The van der Waals surface area contributed by atoms with Crippen LogP contribution in [-0.2, 0) is 0 Å². The van der Waals surface area contributed by atoms with Gasteiger partial charge in [0.15, 0.2) is 5.82 Å². The number of rotatable bonds is 4. The highest BCUT2D eigenvalue weighted by molar-refractivity contribution is 6.29. The number of nitrogens with zero attached hydrogens (tertiary/aromatic N) is 3. The minimum absolute atomic E-state index is 0.273. The normalized spacial score (nSPS) is 11.3. The molecule has 2 heterocycles. The van der Waals surface area contributed by atoms with Crippen molar-refractivity contribution in [2.45, 2.75) is 13.3 Å². The molecule has 5 nitrogen and oxygen atoms in total. The Hall–Kier alpha value is -2.87. The summed E-state index contributed by atoms with van der Waals surface area (Å²) < 4.78 is 46.2. The molecule has 26 heavy (non-hydrogen) atoms. The Labute approximate surface area is 151 Å². The van der Waals surface area contributed by atoms with E-state index < -0.39 is 6.36 Å². The summed E-state index contributed by atoms with van der Waals surface area (Å²) in [5.41, 5.74) is 1.19. The second kappa shape index (κ2) is 7.17. The number of aromatic nitrogens is 3. The van der Waals surface area contributed by atoms with Crippen LogP contribution in [-0.4, -0.2) is 21.3 Å². The van der Waals surface area contributed by atoms with E-state index in [0.717, 1.165) is 0 Å². The third-order valence-corrected chi connectivity index (χ3v) is 3.39. The predicted octanol–water partition coefficient (Wildman–Crippen LogP) is 5.19. The Morgan fingerprint density at radius 2 is 1.73 bits per heavy atom. The number of halogens is 4. The highest BCUT2D eigenvalue weighted by atomic mass is 35.5. The van der Waals surface area contributed by atoms with Crippen molar-refractivity contribution in [1.82, 2.24) is 15.0 Å². The van der Waals surface area contributed by atoms with Crippen molar-refractivity contribution >= 4 is 11.6 Å². The van der Waals surface area contributed by atoms with Crippen LogP contribution in [0, 0.1) is 6.92 Å². The molecule has 0 atom stereocenters. The van der Waals surface area contributed by atoms with Gasteiger partial charge in [0, 0.05) is 29.6 Å². The molecule has 134 valence electrons. The third kappa shape index (κ3) is 4.60. The maximum Gasteiger partial charge on any atom is 0.573 e. The SMILES string of the molecule is Cc1cnc(-c2ccc(OC(F)(F)F)cc2)nc1Oc1ccnc(Cl)c1. The number of pyridine rings is 1. The van der Waals surface area contributed by atoms with Crippen molar-refractivity contribution in [3.63, 3.8) is 0 Å². The summed E-state index contributed by atoms with van der Waals surface area (Å²) in [6, 6.07) is 8.39. The minimum Gasteiger partial charge on any atom is -0.438 e. The lowest BCUT2D eigenvalue weighted by molar-refractivity contribution is -0.274. The van der Waals surface area contributed by atoms with E-state index in [0.29, 0.717) is 28.6 Å². The van der Waals surface area contributed by atoms with E-state index in [1.807, 2.05) is 0 Å². The Bertz CT molecular complexity index is 918. The molecule has 0 saturated carbocycles. The van der Waals surface area contributed by atoms with Crippen LogP contribution >= 0.6 is 11.6 Å². The van der Waals surface area contributed by atoms with Gasteiger partial charge in [-0.1, -0.05) is 11.6 Å². The maximum atomic E-state index is 12.2. The van der Waals surface area contributed by atoms with Gasteiger partial charge >= 0.3 is 6.36 Å². The summed E-state index contributed by atoms with van der Waals surface area (Å²) in [7, 11) is 0. The molecule has 0 spiro atoms. The van der Waals surface area contributed by atoms with Crippen LogP contribution in [0.2, 0.25) is 5.15 Å². The molecule has 0 saturated heterocycles. The highest BCUT2D eigenvalue weighted by Gasteiger charge is 2.31. The quantitative estimate of drug-likeness (QED) is 0.582. The average molecular weight is 382 g/mol. The Morgan fingerprint density at radius 1 is 1.00 bits per heavy atom. The van der Waals surface area contributed by atoms with Crippen LogP contribution < -0.4 is 9.47 Å². The maximum absolute atomic E-state index is 12.2. The molecule has 0 unspecified atom stereocenters. The van der Waals surface area contributed by atoms with Gasteiger partial charge in [0.1, 0.15) is 16.7 Å². The number of hydrogen-bond acceptors (Lipinski definition) is 5. The molecule has 9 heteroatoms. The van der Waals surface area contributed by atoms with Crippen molar-refractivity contribution in [3.8, 4) is 28.8 Å². The first-order valence-corrected chi connectivity index (χ1v) is 7.67. The molecular formula is C17H11ClF3N3O2. The van der Waals surface area contributed by atoms with E-state index in [2.05, 4.69) is 19.7 Å². The van der Waals surface area contributed by atoms with Gasteiger partial charge in [-0.3, -0.25) is 0 Å². The third-order valence-electron chi connectivity index (χ3n) is 3.18. The molecule has 0 aliphatic carbocycles. The molecule has 0 bridgehead atoms. The first kappa shape index (κ1) is 17.9. The van der Waals surface area contributed by atoms with Gasteiger partial charge in [-0.15, -0.1) is 13.2 Å². The summed E-state index contributed by atoms with van der Waals surface area (Å²) in [6.45, 7) is 1.77. The number of alkyl halides is 3. The van der Waals surface area contributed by atoms with E-state index in [-0.39, 0.29) is 10.9 Å². The highest BCUT2D eigenvalue weighted by Crippen LogP contribution is 2.28. The van der Waals surface area contributed by atoms with E-state index in [4.69, 9.17) is 16.3 Å². The van der Waals surface area contributed by atoms with Gasteiger partial charge in [-0.2, -0.15) is 4.98 Å². The van der Waals surface area contributed by atoms with E-state index in [9.17, 15) is 13.2 Å². The first-order valence-electron chi connectivity index (χ1n) is 7.29. The number of aryl methyl sites for hydroxylation is 1. The summed E-state index contributed by atoms with van der Waals surface area (Å²) in [5, 5.41) is 0.273. The fourth-order valence-corrected chi connectivity index (χ4v) is 2.20. The smallest absolute Gasteiger partial charge is 0.438 e. The first-order chi connectivity index (χ1) is 12.3. The summed E-state index contributed by atoms with van der Waals surface area (Å²) in [4.78, 5) is 12.4. The molecule has 0 radical (unpaired) electrons. The summed E-state index contributed by atoms with van der Waals surface area (Å²) >= 11 is 5.82. The fourth-order valence-electron chi connectivity index (χ4n) is 2.03. The summed E-state index contributed by atoms with van der Waals surface area (Å²) in [6.07, 6.45) is -1.69. The Balaban J connectivity index is 1.85. The van der Waals surface area contributed by atoms with Crippen LogP contribution in [0.4, 0.5) is 13.2 Å². The Kier molecular flexibility index (Phi) is 4.94. The van der Waals surface area contributed by atoms with Crippen molar-refractivity contribution in [2.24, 2.45) is 0 Å². The molecule has 3 aromatic rings. The lowest BCUT2D eigenvalue weighted by atomic mass is 10.2. The van der Waals surface area contributed by atoms with Crippen LogP contribution in [0.5, 0.6) is 17.4 Å². The van der Waals surface area contributed by atoms with E-state index in [1.54, 1.807) is 19.2 Å². The molecule has 0 N–H and O–H groups in total. The second-order valence-corrected chi connectivity index (χ2v) is 5.56. The molecule has 0 fully saturated rings. The second-order valence-electron chi connectivity index (χ2n) is 5.17. The number of ether oxygens (including phenoxy) is 2. The lowest BCUT2D eigenvalue weighted by Crippen LogP contribution is -2.16. The number of benzene rings is 1. The van der Waals surface area contributed by atoms with Gasteiger partial charge in [0.2, 0.25) is 5.88 Å². The van der Waals surface area contributed by atoms with Gasteiger partial charge in [-0.25, -0.2) is 9.97 Å². The van der Waals surface area contributed by atoms with E-state index >= 15 is 0 Å². The monoisotopic (exact) mass is 381 g/mol. The predicted molar refractivity (Wildman–Crippen MR) is 88.2 cm³/mol. The van der Waals surface area contributed by atoms with Gasteiger partial charge in [0.25, 0.3) is 0 Å². The molecule has 1 aromatic carbocycles. The zero-order chi connectivity index (χ0) is 18.7. The van der Waals surface area contributed by atoms with Crippen LogP contribution in [0.1, 0.15) is 5.56 Å². The van der Waals surface area contributed by atoms with Crippen LogP contribution in [0.25, 0.3) is 11.4 Å². The summed E-state index contributed by atoms with van der Waals surface area (Å²) in [5.74, 6) is 0.722. The molecular weight excluding hydrogens is 371 g/mol. The number of hydrogen-bond donors (Lipinski definition) is 0. The van der Waals surface area contributed by atoms with Crippen molar-refractivity contribution in [1.29, 1.82) is 0 Å². The van der Waals surface area contributed by atoms with E-state index in [1.165, 1.54) is 36.5 Å². The minimum atomic E-state index is -4.74. The zero-order valence-corrected chi connectivity index (χ0v) is 14.0.